The van der Waals surface area contributed by atoms with Crippen LogP contribution >= 0.6 is 23.1 Å². The fraction of sp³-hybridized carbons (Fsp3) is 0.0556. The number of carbonyl (C=O) groups is 1. The van der Waals surface area contributed by atoms with E-state index < -0.39 is 10.9 Å². The zero-order valence-electron chi connectivity index (χ0n) is 13.1. The number of thiophene rings is 1. The van der Waals surface area contributed by atoms with Crippen LogP contribution in [0.5, 0.6) is 0 Å². The zero-order chi connectivity index (χ0) is 18.0. The Morgan fingerprint density at radius 2 is 1.88 bits per heavy atom. The van der Waals surface area contributed by atoms with Gasteiger partial charge in [0.25, 0.3) is 0 Å². The van der Waals surface area contributed by atoms with E-state index in [4.69, 9.17) is 5.11 Å². The lowest BCUT2D eigenvalue weighted by molar-refractivity contribution is -0.382. The molecule has 0 bridgehead atoms. The summed E-state index contributed by atoms with van der Waals surface area (Å²) >= 11 is 1.88. The van der Waals surface area contributed by atoms with Crippen LogP contribution in [0.2, 0.25) is 0 Å². The summed E-state index contributed by atoms with van der Waals surface area (Å²) in [5, 5.41) is 20.1. The summed E-state index contributed by atoms with van der Waals surface area (Å²) in [5.41, 5.74) is 3.21. The molecular formula is C18H13NO4S2. The Hall–Kier alpha value is -2.64. The van der Waals surface area contributed by atoms with E-state index in [0.29, 0.717) is 16.2 Å². The van der Waals surface area contributed by atoms with Gasteiger partial charge in [-0.1, -0.05) is 59.5 Å². The van der Waals surface area contributed by atoms with E-state index in [1.807, 2.05) is 55.5 Å². The van der Waals surface area contributed by atoms with Gasteiger partial charge in [0.05, 0.1) is 4.92 Å². The number of hydrogen-bond donors (Lipinski definition) is 1. The van der Waals surface area contributed by atoms with Crippen molar-refractivity contribution in [3.8, 4) is 11.1 Å². The molecule has 1 heterocycles. The van der Waals surface area contributed by atoms with Crippen molar-refractivity contribution in [3.05, 3.63) is 75.2 Å². The van der Waals surface area contributed by atoms with Crippen molar-refractivity contribution in [1.29, 1.82) is 0 Å². The fourth-order valence-electron chi connectivity index (χ4n) is 2.39. The van der Waals surface area contributed by atoms with E-state index in [2.05, 4.69) is 0 Å². The normalized spacial score (nSPS) is 10.6. The van der Waals surface area contributed by atoms with Crippen LogP contribution in [0.1, 0.15) is 15.2 Å². The maximum Gasteiger partial charge on any atom is 0.346 e. The molecule has 0 aliphatic heterocycles. The average molecular weight is 371 g/mol. The van der Waals surface area contributed by atoms with E-state index in [1.54, 1.807) is 0 Å². The molecule has 7 heteroatoms. The SMILES string of the molecule is Cc1ccc(Sc2cc(C(=O)O)sc2[N+](=O)[O-])cc1-c1ccccc1. The molecule has 2 aromatic carbocycles. The van der Waals surface area contributed by atoms with Gasteiger partial charge in [-0.05, 0) is 41.8 Å². The van der Waals surface area contributed by atoms with Gasteiger partial charge in [-0.25, -0.2) is 4.79 Å². The number of rotatable bonds is 5. The highest BCUT2D eigenvalue weighted by Crippen LogP contribution is 2.42. The third-order valence-corrected chi connectivity index (χ3v) is 5.80. The number of nitrogens with zero attached hydrogens (tertiary/aromatic N) is 1. The number of hydrogen-bond acceptors (Lipinski definition) is 5. The molecule has 0 amide bonds. The third kappa shape index (κ3) is 3.72. The Bertz CT molecular complexity index is 951. The van der Waals surface area contributed by atoms with Gasteiger partial charge in [-0.15, -0.1) is 0 Å². The molecule has 0 aliphatic rings. The quantitative estimate of drug-likeness (QED) is 0.474. The molecule has 126 valence electrons. The molecule has 0 saturated carbocycles. The van der Waals surface area contributed by atoms with E-state index in [1.165, 1.54) is 17.8 Å². The van der Waals surface area contributed by atoms with Crippen molar-refractivity contribution in [2.24, 2.45) is 0 Å². The highest BCUT2D eigenvalue weighted by Gasteiger charge is 2.23. The summed E-state index contributed by atoms with van der Waals surface area (Å²) in [4.78, 5) is 22.9. The van der Waals surface area contributed by atoms with Crippen LogP contribution < -0.4 is 0 Å². The van der Waals surface area contributed by atoms with Gasteiger partial charge in [0.15, 0.2) is 0 Å². The lowest BCUT2D eigenvalue weighted by Crippen LogP contribution is -1.89. The van der Waals surface area contributed by atoms with E-state index >= 15 is 0 Å². The molecule has 0 atom stereocenters. The Kier molecular flexibility index (Phi) is 4.87. The Morgan fingerprint density at radius 1 is 1.16 bits per heavy atom. The summed E-state index contributed by atoms with van der Waals surface area (Å²) in [6.45, 7) is 2.01. The highest BCUT2D eigenvalue weighted by molar-refractivity contribution is 7.99. The molecule has 0 radical (unpaired) electrons. The second-order valence-electron chi connectivity index (χ2n) is 5.29. The largest absolute Gasteiger partial charge is 0.477 e. The van der Waals surface area contributed by atoms with Gasteiger partial charge in [-0.3, -0.25) is 10.1 Å². The van der Waals surface area contributed by atoms with Crippen LogP contribution in [-0.2, 0) is 0 Å². The minimum atomic E-state index is -1.16. The topological polar surface area (TPSA) is 80.4 Å². The average Bonchev–Trinajstić information content (AvgIpc) is 3.02. The first-order chi connectivity index (χ1) is 12.0. The molecule has 0 saturated heterocycles. The van der Waals surface area contributed by atoms with E-state index in [9.17, 15) is 14.9 Å². The molecule has 25 heavy (non-hydrogen) atoms. The van der Waals surface area contributed by atoms with Crippen molar-refractivity contribution in [2.45, 2.75) is 16.7 Å². The van der Waals surface area contributed by atoms with Crippen LogP contribution in [0.15, 0.2) is 64.4 Å². The summed E-state index contributed by atoms with van der Waals surface area (Å²) in [6, 6.07) is 17.0. The van der Waals surface area contributed by atoms with Gasteiger partial charge in [-0.2, -0.15) is 0 Å². The summed E-state index contributed by atoms with van der Waals surface area (Å²) in [7, 11) is 0. The smallest absolute Gasteiger partial charge is 0.346 e. The van der Waals surface area contributed by atoms with Crippen molar-refractivity contribution < 1.29 is 14.8 Å². The maximum atomic E-state index is 11.2. The highest BCUT2D eigenvalue weighted by atomic mass is 32.2. The predicted molar refractivity (Wildman–Crippen MR) is 98.7 cm³/mol. The maximum absolute atomic E-state index is 11.2. The zero-order valence-corrected chi connectivity index (χ0v) is 14.8. The van der Waals surface area contributed by atoms with Gasteiger partial charge in [0.2, 0.25) is 0 Å². The number of aryl methyl sites for hydroxylation is 1. The van der Waals surface area contributed by atoms with Crippen LogP contribution in [0.3, 0.4) is 0 Å². The van der Waals surface area contributed by atoms with Crippen LogP contribution in [0.4, 0.5) is 5.00 Å². The lowest BCUT2D eigenvalue weighted by Gasteiger charge is -2.08. The monoisotopic (exact) mass is 371 g/mol. The number of carboxylic acids is 1. The van der Waals surface area contributed by atoms with Gasteiger partial charge < -0.3 is 5.11 Å². The molecule has 5 nitrogen and oxygen atoms in total. The molecule has 0 fully saturated rings. The second-order valence-corrected chi connectivity index (χ2v) is 7.43. The number of nitro groups is 1. The molecule has 0 unspecified atom stereocenters. The third-order valence-electron chi connectivity index (χ3n) is 3.58. The Morgan fingerprint density at radius 3 is 2.52 bits per heavy atom. The van der Waals surface area contributed by atoms with E-state index in [0.717, 1.165) is 21.6 Å². The van der Waals surface area contributed by atoms with Crippen molar-refractivity contribution in [2.75, 3.05) is 0 Å². The van der Waals surface area contributed by atoms with Crippen LogP contribution in [0, 0.1) is 17.0 Å². The molecule has 0 aliphatic carbocycles. The van der Waals surface area contributed by atoms with Crippen molar-refractivity contribution in [3.63, 3.8) is 0 Å². The molecule has 3 aromatic rings. The van der Waals surface area contributed by atoms with Gasteiger partial charge in [0.1, 0.15) is 9.77 Å². The fourth-order valence-corrected chi connectivity index (χ4v) is 4.33. The van der Waals surface area contributed by atoms with Crippen molar-refractivity contribution >= 4 is 34.1 Å². The first-order valence-electron chi connectivity index (χ1n) is 7.31. The number of aromatic carboxylic acids is 1. The van der Waals surface area contributed by atoms with Crippen LogP contribution in [0.25, 0.3) is 11.1 Å². The minimum Gasteiger partial charge on any atom is -0.477 e. The first-order valence-corrected chi connectivity index (χ1v) is 8.94. The molecule has 0 spiro atoms. The lowest BCUT2D eigenvalue weighted by atomic mass is 10.0. The Balaban J connectivity index is 1.99. The minimum absolute atomic E-state index is 0.0374. The summed E-state index contributed by atoms with van der Waals surface area (Å²) < 4.78 is 0. The number of benzene rings is 2. The summed E-state index contributed by atoms with van der Waals surface area (Å²) in [6.07, 6.45) is 0. The standard InChI is InChI=1S/C18H13NO4S2/c1-11-7-8-13(9-14(11)12-5-3-2-4-6-12)24-15-10-16(18(20)21)25-17(15)19(22)23/h2-10H,1H3,(H,20,21). The predicted octanol–water partition coefficient (Wildman–Crippen LogP) is 5.48. The molecule has 3 rings (SSSR count). The molecular weight excluding hydrogens is 358 g/mol. The van der Waals surface area contributed by atoms with Gasteiger partial charge in [0, 0.05) is 4.90 Å². The summed E-state index contributed by atoms with van der Waals surface area (Å²) in [5.74, 6) is -1.16. The number of carboxylic acid groups (broad SMARTS) is 1. The Labute approximate surface area is 152 Å². The molecule has 1 N–H and O–H groups in total. The van der Waals surface area contributed by atoms with Gasteiger partial charge >= 0.3 is 11.0 Å². The second kappa shape index (κ2) is 7.08. The van der Waals surface area contributed by atoms with Crippen molar-refractivity contribution in [1.82, 2.24) is 0 Å². The van der Waals surface area contributed by atoms with Crippen LogP contribution in [-0.4, -0.2) is 16.0 Å². The molecule has 1 aromatic heterocycles. The first kappa shape index (κ1) is 17.2. The van der Waals surface area contributed by atoms with E-state index in [-0.39, 0.29) is 9.88 Å².